The first-order chi connectivity index (χ1) is 9.06. The van der Waals surface area contributed by atoms with Gasteiger partial charge in [-0.1, -0.05) is 47.5 Å². The minimum Gasteiger partial charge on any atom is -0.346 e. The lowest BCUT2D eigenvalue weighted by Gasteiger charge is -2.14. The number of nitrogens with one attached hydrogen (secondary N) is 1. The van der Waals surface area contributed by atoms with Gasteiger partial charge in [-0.15, -0.1) is 0 Å². The Bertz CT molecular complexity index is 578. The Hall–Kier alpha value is -1.80. The molecular weight excluding hydrogens is 258 g/mol. The van der Waals surface area contributed by atoms with Crippen molar-refractivity contribution in [2.45, 2.75) is 19.9 Å². The molecule has 1 amide bonds. The molecule has 0 bridgehead atoms. The van der Waals surface area contributed by atoms with E-state index in [1.807, 2.05) is 38.1 Å². The molecule has 1 N–H and O–H groups in total. The number of benzene rings is 2. The molecule has 2 nitrogen and oxygen atoms in total. The van der Waals surface area contributed by atoms with Crippen LogP contribution in [0.3, 0.4) is 0 Å². The van der Waals surface area contributed by atoms with E-state index in [2.05, 4.69) is 5.32 Å². The molecule has 0 spiro atoms. The Morgan fingerprint density at radius 3 is 2.47 bits per heavy atom. The van der Waals surface area contributed by atoms with Crippen LogP contribution < -0.4 is 5.32 Å². The van der Waals surface area contributed by atoms with Gasteiger partial charge in [0.1, 0.15) is 0 Å². The minimum atomic E-state index is -0.115. The van der Waals surface area contributed by atoms with Gasteiger partial charge in [0.2, 0.25) is 0 Å². The number of hydrogen-bond acceptors (Lipinski definition) is 1. The number of aryl methyl sites for hydroxylation is 1. The molecule has 0 radical (unpaired) electrons. The molecule has 0 unspecified atom stereocenters. The lowest BCUT2D eigenvalue weighted by atomic mass is 10.1. The molecule has 0 aliphatic carbocycles. The smallest absolute Gasteiger partial charge is 0.251 e. The van der Waals surface area contributed by atoms with Crippen LogP contribution in [0.4, 0.5) is 0 Å². The fourth-order valence-electron chi connectivity index (χ4n) is 1.85. The molecule has 0 fully saturated rings. The van der Waals surface area contributed by atoms with E-state index in [4.69, 9.17) is 11.6 Å². The van der Waals surface area contributed by atoms with Gasteiger partial charge in [-0.25, -0.2) is 0 Å². The van der Waals surface area contributed by atoms with Crippen LogP contribution in [0.2, 0.25) is 5.02 Å². The zero-order chi connectivity index (χ0) is 13.8. The van der Waals surface area contributed by atoms with E-state index in [9.17, 15) is 4.79 Å². The molecule has 0 saturated carbocycles. The van der Waals surface area contributed by atoms with E-state index in [0.29, 0.717) is 10.6 Å². The maximum atomic E-state index is 12.1. The number of rotatable bonds is 3. The summed E-state index contributed by atoms with van der Waals surface area (Å²) in [5, 5.41) is 3.53. The summed E-state index contributed by atoms with van der Waals surface area (Å²) >= 11 is 5.88. The van der Waals surface area contributed by atoms with Crippen molar-refractivity contribution in [1.29, 1.82) is 0 Å². The molecule has 2 aromatic carbocycles. The van der Waals surface area contributed by atoms with Crippen LogP contribution in [0, 0.1) is 6.92 Å². The topological polar surface area (TPSA) is 29.1 Å². The average Bonchev–Trinajstić information content (AvgIpc) is 2.39. The van der Waals surface area contributed by atoms with Crippen molar-refractivity contribution in [3.63, 3.8) is 0 Å². The second kappa shape index (κ2) is 5.89. The quantitative estimate of drug-likeness (QED) is 0.895. The summed E-state index contributed by atoms with van der Waals surface area (Å²) in [6, 6.07) is 15.0. The van der Waals surface area contributed by atoms with Crippen LogP contribution in [0.25, 0.3) is 0 Å². The van der Waals surface area contributed by atoms with Crippen molar-refractivity contribution in [2.24, 2.45) is 0 Å². The molecule has 0 aliphatic heterocycles. The fraction of sp³-hybridized carbons (Fsp3) is 0.188. The number of hydrogen-bond donors (Lipinski definition) is 1. The molecule has 0 aromatic heterocycles. The van der Waals surface area contributed by atoms with Gasteiger partial charge >= 0.3 is 0 Å². The van der Waals surface area contributed by atoms with Gasteiger partial charge in [0, 0.05) is 10.6 Å². The highest BCUT2D eigenvalue weighted by Gasteiger charge is 2.11. The average molecular weight is 274 g/mol. The zero-order valence-corrected chi connectivity index (χ0v) is 11.7. The molecule has 0 saturated heterocycles. The molecule has 1 atom stereocenters. The van der Waals surface area contributed by atoms with E-state index < -0.39 is 0 Å². The normalized spacial score (nSPS) is 11.9. The highest BCUT2D eigenvalue weighted by atomic mass is 35.5. The largest absolute Gasteiger partial charge is 0.346 e. The predicted octanol–water partition coefficient (Wildman–Crippen LogP) is 4.14. The molecule has 2 rings (SSSR count). The second-order valence-corrected chi connectivity index (χ2v) is 5.05. The van der Waals surface area contributed by atoms with Gasteiger partial charge in [-0.05, 0) is 37.6 Å². The van der Waals surface area contributed by atoms with Gasteiger partial charge in [-0.2, -0.15) is 0 Å². The maximum Gasteiger partial charge on any atom is 0.251 e. The van der Waals surface area contributed by atoms with E-state index in [1.165, 1.54) is 5.56 Å². The molecule has 3 heteroatoms. The number of halogens is 1. The molecule has 19 heavy (non-hydrogen) atoms. The van der Waals surface area contributed by atoms with Crippen molar-refractivity contribution in [3.8, 4) is 0 Å². The van der Waals surface area contributed by atoms with Gasteiger partial charge in [0.25, 0.3) is 5.91 Å². The standard InChI is InChI=1S/C16H16ClNO/c1-11-6-8-13(9-7-11)12(2)18-16(19)14-4-3-5-15(17)10-14/h3-10,12H,1-2H3,(H,18,19)/t12-/m1/s1. The summed E-state index contributed by atoms with van der Waals surface area (Å²) in [6.45, 7) is 4.01. The van der Waals surface area contributed by atoms with Gasteiger partial charge in [0.05, 0.1) is 6.04 Å². The molecule has 98 valence electrons. The highest BCUT2D eigenvalue weighted by molar-refractivity contribution is 6.30. The fourth-order valence-corrected chi connectivity index (χ4v) is 2.04. The Kier molecular flexibility index (Phi) is 4.23. The van der Waals surface area contributed by atoms with Crippen LogP contribution in [-0.2, 0) is 0 Å². The summed E-state index contributed by atoms with van der Waals surface area (Å²) in [4.78, 5) is 12.1. The zero-order valence-electron chi connectivity index (χ0n) is 11.0. The molecule has 0 heterocycles. The minimum absolute atomic E-state index is 0.0351. The second-order valence-electron chi connectivity index (χ2n) is 4.62. The first kappa shape index (κ1) is 13.6. The first-order valence-corrected chi connectivity index (χ1v) is 6.57. The summed E-state index contributed by atoms with van der Waals surface area (Å²) in [5.41, 5.74) is 2.87. The monoisotopic (exact) mass is 273 g/mol. The van der Waals surface area contributed by atoms with Crippen molar-refractivity contribution in [1.82, 2.24) is 5.32 Å². The van der Waals surface area contributed by atoms with Crippen molar-refractivity contribution in [3.05, 3.63) is 70.2 Å². The highest BCUT2D eigenvalue weighted by Crippen LogP contribution is 2.15. The number of carbonyl (C=O) groups excluding carboxylic acids is 1. The van der Waals surface area contributed by atoms with Crippen LogP contribution in [-0.4, -0.2) is 5.91 Å². The number of amides is 1. The summed E-state index contributed by atoms with van der Waals surface area (Å²) in [5.74, 6) is -0.115. The molecular formula is C16H16ClNO. The van der Waals surface area contributed by atoms with E-state index in [1.54, 1.807) is 24.3 Å². The first-order valence-electron chi connectivity index (χ1n) is 6.19. The van der Waals surface area contributed by atoms with Crippen LogP contribution >= 0.6 is 11.6 Å². The summed E-state index contributed by atoms with van der Waals surface area (Å²) < 4.78 is 0. The van der Waals surface area contributed by atoms with Crippen LogP contribution in [0.5, 0.6) is 0 Å². The third kappa shape index (κ3) is 3.58. The van der Waals surface area contributed by atoms with E-state index in [-0.39, 0.29) is 11.9 Å². The molecule has 0 aliphatic rings. The Balaban J connectivity index is 2.08. The van der Waals surface area contributed by atoms with Crippen molar-refractivity contribution < 1.29 is 4.79 Å². The number of carbonyl (C=O) groups is 1. The Morgan fingerprint density at radius 2 is 1.84 bits per heavy atom. The van der Waals surface area contributed by atoms with Gasteiger partial charge in [-0.3, -0.25) is 4.79 Å². The summed E-state index contributed by atoms with van der Waals surface area (Å²) in [7, 11) is 0. The van der Waals surface area contributed by atoms with Crippen LogP contribution in [0.15, 0.2) is 48.5 Å². The van der Waals surface area contributed by atoms with E-state index >= 15 is 0 Å². The lowest BCUT2D eigenvalue weighted by Crippen LogP contribution is -2.26. The molecule has 2 aromatic rings. The summed E-state index contributed by atoms with van der Waals surface area (Å²) in [6.07, 6.45) is 0. The third-order valence-corrected chi connectivity index (χ3v) is 3.25. The SMILES string of the molecule is Cc1ccc([C@@H](C)NC(=O)c2cccc(Cl)c2)cc1. The van der Waals surface area contributed by atoms with E-state index in [0.717, 1.165) is 5.56 Å². The van der Waals surface area contributed by atoms with Crippen molar-refractivity contribution >= 4 is 17.5 Å². The predicted molar refractivity (Wildman–Crippen MR) is 78.5 cm³/mol. The maximum absolute atomic E-state index is 12.1. The third-order valence-electron chi connectivity index (χ3n) is 3.01. The van der Waals surface area contributed by atoms with Gasteiger partial charge in [0.15, 0.2) is 0 Å². The Labute approximate surface area is 118 Å². The van der Waals surface area contributed by atoms with Crippen LogP contribution in [0.1, 0.15) is 34.5 Å². The van der Waals surface area contributed by atoms with Gasteiger partial charge < -0.3 is 5.32 Å². The van der Waals surface area contributed by atoms with Crippen molar-refractivity contribution in [2.75, 3.05) is 0 Å². The lowest BCUT2D eigenvalue weighted by molar-refractivity contribution is 0.0940. The Morgan fingerprint density at radius 1 is 1.16 bits per heavy atom.